The van der Waals surface area contributed by atoms with E-state index in [0.717, 1.165) is 0 Å². The van der Waals surface area contributed by atoms with Gasteiger partial charge in [-0.1, -0.05) is 140 Å². The van der Waals surface area contributed by atoms with Gasteiger partial charge in [0.05, 0.1) is 30.5 Å². The number of rotatable bonds is 40. The van der Waals surface area contributed by atoms with Crippen LogP contribution in [0.4, 0.5) is 0 Å². The molecule has 0 aliphatic rings. The minimum Gasteiger partial charge on any atom is -0.462 e. The normalized spacial score (nSPS) is 39.6. The number of phosphoric ester groups is 1. The quantitative estimate of drug-likeness (QED) is 0.0281. The fourth-order valence-corrected chi connectivity index (χ4v) is 2.91. The molecule has 10 heteroatoms. The van der Waals surface area contributed by atoms with Crippen molar-refractivity contribution in [1.29, 1.82) is 0 Å². The number of ether oxygens (including phenoxy) is 2. The van der Waals surface area contributed by atoms with E-state index >= 15 is 0 Å². The van der Waals surface area contributed by atoms with E-state index in [-0.39, 0.29) is 11.0 Å². The largest absolute Gasteiger partial charge is 0.472 e. The van der Waals surface area contributed by atoms with Crippen LogP contribution in [0.1, 0.15) is 280 Å². The van der Waals surface area contributed by atoms with E-state index < -0.39 is 262 Å². The summed E-state index contributed by atoms with van der Waals surface area (Å²) in [7, 11) is -1.22. The number of nitrogens with zero attached hydrogens (tertiary/aromatic N) is 1. The fourth-order valence-electron chi connectivity index (χ4n) is 2.17. The molecule has 1 N–H and O–H groups in total. The van der Waals surface area contributed by atoms with Crippen LogP contribution >= 0.6 is 7.82 Å². The third-order valence-corrected chi connectivity index (χ3v) is 5.25. The average Bonchev–Trinajstić information content (AvgIpc) is 0.699. The molecule has 0 bridgehead atoms. The highest BCUT2D eigenvalue weighted by Gasteiger charge is 2.27. The molecule has 54 heavy (non-hydrogen) atoms. The van der Waals surface area contributed by atoms with Gasteiger partial charge in [-0.2, -0.15) is 0 Å². The first-order valence-electron chi connectivity index (χ1n) is 46.3. The Labute approximate surface area is 422 Å². The van der Waals surface area contributed by atoms with Crippen molar-refractivity contribution in [2.45, 2.75) is 198 Å². The monoisotopic (exact) mass is 851 g/mol. The molecule has 0 aromatic carbocycles. The third kappa shape index (κ3) is 40.2. The number of carbonyl (C=O) groups excluding carboxylic acids is 2. The zero-order valence-corrected chi connectivity index (χ0v) is 29.7. The first kappa shape index (κ1) is 10.4. The molecule has 2 atom stereocenters. The van der Waals surface area contributed by atoms with Crippen molar-refractivity contribution in [1.82, 2.24) is 0 Å². The summed E-state index contributed by atoms with van der Waals surface area (Å²) in [5.74, 6) is -6.03. The molecule has 0 saturated carbocycles. The van der Waals surface area contributed by atoms with Crippen molar-refractivity contribution in [3.8, 4) is 0 Å². The zero-order valence-electron chi connectivity index (χ0n) is 92.8. The summed E-state index contributed by atoms with van der Waals surface area (Å²) in [6.45, 7) is -13.5. The van der Waals surface area contributed by atoms with Gasteiger partial charge in [-0.05, 0) is 63.7 Å². The lowest BCUT2D eigenvalue weighted by Crippen LogP contribution is -2.37. The lowest BCUT2D eigenvalue weighted by molar-refractivity contribution is -0.870. The van der Waals surface area contributed by atoms with E-state index in [1.165, 1.54) is 21.1 Å². The maximum Gasteiger partial charge on any atom is 0.472 e. The Balaban J connectivity index is 8.16. The molecular weight excluding hydrogens is 701 g/mol. The second-order valence-corrected chi connectivity index (χ2v) is 10.8. The van der Waals surface area contributed by atoms with Crippen molar-refractivity contribution in [3.05, 3.63) is 24.3 Å². The van der Waals surface area contributed by atoms with Crippen LogP contribution in [0.5, 0.6) is 0 Å². The van der Waals surface area contributed by atoms with E-state index in [4.69, 9.17) is 97.0 Å². The van der Waals surface area contributed by atoms with Gasteiger partial charge in [0.1, 0.15) is 19.8 Å². The Morgan fingerprint density at radius 1 is 0.648 bits per heavy atom. The summed E-state index contributed by atoms with van der Waals surface area (Å²) in [5.41, 5.74) is 0. The van der Waals surface area contributed by atoms with Crippen LogP contribution < -0.4 is 0 Å². The second-order valence-electron chi connectivity index (χ2n) is 9.35. The molecule has 0 heterocycles. The molecule has 9 nitrogen and oxygen atoms in total. The number of hydrogen-bond donors (Lipinski definition) is 1. The van der Waals surface area contributed by atoms with Crippen LogP contribution in [0.15, 0.2) is 24.3 Å². The van der Waals surface area contributed by atoms with E-state index in [2.05, 4.69) is 9.26 Å². The van der Waals surface area contributed by atoms with Crippen LogP contribution in [0, 0.1) is 0 Å². The van der Waals surface area contributed by atoms with Crippen molar-refractivity contribution in [2.75, 3.05) is 47.5 Å². The molecular formula is C44H85NO8P+. The lowest BCUT2D eigenvalue weighted by Gasteiger charge is -2.24. The van der Waals surface area contributed by atoms with Crippen molar-refractivity contribution in [2.24, 2.45) is 0 Å². The number of phosphoric acid groups is 1. The van der Waals surface area contributed by atoms with Crippen molar-refractivity contribution in [3.63, 3.8) is 0 Å². The van der Waals surface area contributed by atoms with Crippen molar-refractivity contribution >= 4 is 19.8 Å². The summed E-state index contributed by atoms with van der Waals surface area (Å²) in [5, 5.41) is 0. The van der Waals surface area contributed by atoms with E-state index in [0.29, 0.717) is 0 Å². The molecule has 0 fully saturated rings. The van der Waals surface area contributed by atoms with Gasteiger partial charge in [0.25, 0.3) is 0 Å². The molecule has 0 amide bonds. The summed E-state index contributed by atoms with van der Waals surface area (Å²) >= 11 is 0. The Morgan fingerprint density at radius 3 is 1.59 bits per heavy atom. The number of esters is 2. The standard InChI is InChI=1S/C44H84NO8P/c1-6-8-10-12-14-16-18-20-22-24-26-28-30-32-34-36-43(46)50-40-42(41-52-54(48,49)51-39-38-45(3,4)5)53-44(47)37-35-33-31-29-27-25-23-21-19-17-15-13-11-9-7-2/h20-23,42H,6-19,24-41H2,1-5H3/p+1/b22-20-,23-21-/t42-/m1/s1/i1D3,2D3,6D2,7D2,8D2,9D2,10D2,11D2,12D2,13D2,14D2,15D2,16D2,17D2,18D2,19D2,20D,21D,24D2,25D2,26D2,27D2,28D2,29D2,30D2,31D2,32D2,33D2,34D2,35D2,36D2,37D2. The number of carbonyl (C=O) groups is 2. The number of likely N-dealkylation sites (N-methyl/N-ethyl adjacent to an activating group) is 1. The molecule has 1 unspecified atom stereocenters. The van der Waals surface area contributed by atoms with Gasteiger partial charge in [0, 0.05) is 97.7 Å². The average molecular weight is 852 g/mol. The molecule has 0 radical (unpaired) electrons. The van der Waals surface area contributed by atoms with Gasteiger partial charge in [-0.15, -0.1) is 0 Å². The molecule has 0 rings (SSSR count). The molecule has 0 aromatic heterocycles. The minimum atomic E-state index is -5.67. The number of quaternary nitrogens is 1. The number of allylic oxidation sites excluding steroid dienone is 4. The second kappa shape index (κ2) is 37.1. The fraction of sp³-hybridized carbons (Fsp3) is 0.864. The van der Waals surface area contributed by atoms with Crippen LogP contribution in [0.3, 0.4) is 0 Å². The highest BCUT2D eigenvalue weighted by molar-refractivity contribution is 7.47. The summed E-state index contributed by atoms with van der Waals surface area (Å²) in [6.07, 6.45) is -145. The van der Waals surface area contributed by atoms with Gasteiger partial charge in [0.15, 0.2) is 6.10 Å². The SMILES string of the molecule is [2H]/C(=C/C([2H])([2H])C([2H])([2H])C([2H])([2H])C([2H])([2H])C([2H])([2H])C([2H])([2H])C([2H])([2H])C(=O)OC[C@H](COP(=O)(O)OCC[N+](C)(C)C)OC(=O)C([2H])([2H])C([2H])([2H])C([2H])([2H])C([2H])([2H])C([2H])([2H])C([2H])([2H])C([2H])([2H])/C=C(/[2H])C([2H])([2H])C([2H])([2H])C([2H])([2H])C([2H])([2H])C([2H])([2H])C([2H])([2H])C([2H])([2H])C([2H])([2H])[2H])C([2H])([2H])C([2H])([2H])C([2H])([2H])C([2H])([2H])C([2H])([2H])C([2H])([2H])C([2H])([2H])C([2H])([2H])[2H]. The molecule has 0 aliphatic carbocycles. The summed E-state index contributed by atoms with van der Waals surface area (Å²) < 4.78 is 557. The van der Waals surface area contributed by atoms with E-state index in [9.17, 15) is 19.0 Å². The number of hydrogen-bond acceptors (Lipinski definition) is 7. The summed E-state index contributed by atoms with van der Waals surface area (Å²) in [4.78, 5) is 38.2. The van der Waals surface area contributed by atoms with Gasteiger partial charge >= 0.3 is 19.8 Å². The third-order valence-electron chi connectivity index (χ3n) is 4.27. The Morgan fingerprint density at radius 2 is 1.09 bits per heavy atom. The minimum absolute atomic E-state index is 0.0535. The van der Waals surface area contributed by atoms with E-state index in [1.807, 2.05) is 0 Å². The van der Waals surface area contributed by atoms with Gasteiger partial charge in [0.2, 0.25) is 0 Å². The maximum atomic E-state index is 14.0. The molecule has 318 valence electrons. The van der Waals surface area contributed by atoms with Gasteiger partial charge in [-0.3, -0.25) is 18.6 Å². The first-order chi connectivity index (χ1) is 50.1. The highest BCUT2D eigenvalue weighted by atomic mass is 31.2. The van der Waals surface area contributed by atoms with Gasteiger partial charge in [-0.25, -0.2) is 4.57 Å². The van der Waals surface area contributed by atoms with Crippen LogP contribution in [0.25, 0.3) is 0 Å². The Kier molecular flexibility index (Phi) is 7.17. The van der Waals surface area contributed by atoms with Gasteiger partial charge < -0.3 is 18.9 Å². The topological polar surface area (TPSA) is 108 Å². The first-order valence-corrected chi connectivity index (χ1v) is 15.8. The predicted octanol–water partition coefficient (Wildman–Crippen LogP) is 12.4. The maximum absolute atomic E-state index is 14.0. The Bertz CT molecular complexity index is 3700. The smallest absolute Gasteiger partial charge is 0.462 e. The molecule has 0 saturated heterocycles. The Hall–Kier alpha value is -1.51. The molecule has 0 spiro atoms. The zero-order chi connectivity index (χ0) is 97.0. The predicted molar refractivity (Wildman–Crippen MR) is 224 cm³/mol. The van der Waals surface area contributed by atoms with Crippen LogP contribution in [-0.4, -0.2) is 74.9 Å². The van der Waals surface area contributed by atoms with E-state index in [1.54, 1.807) is 0 Å². The molecule has 0 aliphatic heterocycles. The lowest BCUT2D eigenvalue weighted by atomic mass is 10.1. The molecule has 0 aromatic rings. The van der Waals surface area contributed by atoms with Crippen molar-refractivity contribution < 1.29 is 130 Å². The van der Waals surface area contributed by atoms with Crippen LogP contribution in [-0.2, 0) is 32.7 Å². The van der Waals surface area contributed by atoms with Crippen LogP contribution in [0.2, 0.25) is 0 Å². The highest BCUT2D eigenvalue weighted by Crippen LogP contribution is 2.43. The summed E-state index contributed by atoms with van der Waals surface area (Å²) in [6, 6.07) is -5.01.